The van der Waals surface area contributed by atoms with E-state index in [0.717, 1.165) is 5.56 Å². The first-order valence-electron chi connectivity index (χ1n) is 9.23. The van der Waals surface area contributed by atoms with Gasteiger partial charge in [-0.25, -0.2) is 4.68 Å². The molecular weight excluding hydrogens is 389 g/mol. The second-order valence-corrected chi connectivity index (χ2v) is 6.93. The Kier molecular flexibility index (Phi) is 6.45. The Bertz CT molecular complexity index is 805. The quantitative estimate of drug-likeness (QED) is 0.777. The van der Waals surface area contributed by atoms with E-state index in [-0.39, 0.29) is 19.0 Å². The van der Waals surface area contributed by atoms with Crippen molar-refractivity contribution in [2.45, 2.75) is 31.5 Å². The highest BCUT2D eigenvalue weighted by Gasteiger charge is 2.34. The summed E-state index contributed by atoms with van der Waals surface area (Å²) in [4.78, 5) is 26.6. The van der Waals surface area contributed by atoms with Crippen LogP contribution in [0.5, 0.6) is 0 Å². The van der Waals surface area contributed by atoms with Gasteiger partial charge in [-0.2, -0.15) is 13.2 Å². The van der Waals surface area contributed by atoms with Crippen molar-refractivity contribution < 1.29 is 22.8 Å². The minimum absolute atomic E-state index is 0.185. The van der Waals surface area contributed by atoms with Gasteiger partial charge in [-0.15, -0.1) is 5.10 Å². The number of nitrogens with zero attached hydrogens (tertiary/aromatic N) is 5. The molecule has 1 aliphatic heterocycles. The number of carbonyl (C=O) groups is 2. The number of carbonyl (C=O) groups excluding carboxylic acids is 2. The zero-order valence-corrected chi connectivity index (χ0v) is 15.5. The van der Waals surface area contributed by atoms with Crippen molar-refractivity contribution in [3.63, 3.8) is 0 Å². The molecule has 2 heterocycles. The Morgan fingerprint density at radius 1 is 1.17 bits per heavy atom. The zero-order valence-electron chi connectivity index (χ0n) is 15.5. The van der Waals surface area contributed by atoms with Crippen molar-refractivity contribution in [2.75, 3.05) is 19.6 Å². The first-order chi connectivity index (χ1) is 13.8. The maximum absolute atomic E-state index is 13.1. The van der Waals surface area contributed by atoms with Gasteiger partial charge in [0.1, 0.15) is 18.9 Å². The molecule has 2 amide bonds. The number of piperidine rings is 1. The second kappa shape index (κ2) is 9.01. The predicted molar refractivity (Wildman–Crippen MR) is 95.4 cm³/mol. The highest BCUT2D eigenvalue weighted by atomic mass is 19.4. The third kappa shape index (κ3) is 5.75. The summed E-state index contributed by atoms with van der Waals surface area (Å²) in [6.45, 7) is -0.768. The van der Waals surface area contributed by atoms with Crippen molar-refractivity contribution in [3.05, 3.63) is 42.2 Å². The summed E-state index contributed by atoms with van der Waals surface area (Å²) >= 11 is 0. The summed E-state index contributed by atoms with van der Waals surface area (Å²) in [7, 11) is 0. The molecule has 1 saturated heterocycles. The lowest BCUT2D eigenvalue weighted by molar-refractivity contribution is -0.143. The number of rotatable bonds is 6. The van der Waals surface area contributed by atoms with Crippen LogP contribution in [-0.2, 0) is 16.0 Å². The van der Waals surface area contributed by atoms with Gasteiger partial charge in [0, 0.05) is 25.4 Å². The summed E-state index contributed by atoms with van der Waals surface area (Å²) in [6.07, 6.45) is -2.05. The molecule has 1 aromatic heterocycles. The van der Waals surface area contributed by atoms with E-state index in [1.54, 1.807) is 4.90 Å². The van der Waals surface area contributed by atoms with Crippen molar-refractivity contribution in [2.24, 2.45) is 5.92 Å². The number of hydrogen-bond donors (Lipinski definition) is 1. The topological polar surface area (TPSA) is 93.0 Å². The van der Waals surface area contributed by atoms with Crippen LogP contribution in [0.4, 0.5) is 13.2 Å². The molecule has 29 heavy (non-hydrogen) atoms. The van der Waals surface area contributed by atoms with Crippen molar-refractivity contribution in [1.29, 1.82) is 0 Å². The van der Waals surface area contributed by atoms with Crippen molar-refractivity contribution in [3.8, 4) is 0 Å². The van der Waals surface area contributed by atoms with E-state index in [2.05, 4.69) is 15.5 Å². The fraction of sp³-hybridized carbons (Fsp3) is 0.500. The largest absolute Gasteiger partial charge is 0.405 e. The molecule has 0 bridgehead atoms. The minimum Gasteiger partial charge on any atom is -0.347 e. The van der Waals surface area contributed by atoms with Gasteiger partial charge >= 0.3 is 6.18 Å². The van der Waals surface area contributed by atoms with Gasteiger partial charge in [-0.3, -0.25) is 9.59 Å². The van der Waals surface area contributed by atoms with Crippen LogP contribution >= 0.6 is 0 Å². The number of benzene rings is 1. The Morgan fingerprint density at radius 2 is 1.86 bits per heavy atom. The lowest BCUT2D eigenvalue weighted by Gasteiger charge is -2.33. The van der Waals surface area contributed by atoms with Crippen LogP contribution in [0, 0.1) is 5.92 Å². The number of aromatic nitrogens is 4. The summed E-state index contributed by atoms with van der Waals surface area (Å²) in [6, 6.07) is 8.81. The van der Waals surface area contributed by atoms with E-state index in [0.29, 0.717) is 19.3 Å². The summed E-state index contributed by atoms with van der Waals surface area (Å²) < 4.78 is 38.2. The number of likely N-dealkylation sites (tertiary alicyclic amines) is 1. The van der Waals surface area contributed by atoms with E-state index in [1.165, 1.54) is 11.0 Å². The fourth-order valence-corrected chi connectivity index (χ4v) is 3.35. The molecule has 1 atom stereocenters. The molecule has 156 valence electrons. The van der Waals surface area contributed by atoms with Crippen LogP contribution in [0.1, 0.15) is 24.4 Å². The average Bonchev–Trinajstić information content (AvgIpc) is 3.24. The van der Waals surface area contributed by atoms with Crippen LogP contribution in [0.2, 0.25) is 0 Å². The van der Waals surface area contributed by atoms with Gasteiger partial charge < -0.3 is 10.2 Å². The molecule has 0 aliphatic carbocycles. The van der Waals surface area contributed by atoms with Gasteiger partial charge in [-0.1, -0.05) is 30.3 Å². The Balaban J connectivity index is 1.60. The molecule has 1 aliphatic rings. The molecule has 0 radical (unpaired) electrons. The summed E-state index contributed by atoms with van der Waals surface area (Å²) in [5.74, 6) is -1.35. The van der Waals surface area contributed by atoms with Gasteiger partial charge in [0.05, 0.1) is 0 Å². The third-order valence-corrected chi connectivity index (χ3v) is 4.88. The Hall–Kier alpha value is -2.98. The summed E-state index contributed by atoms with van der Waals surface area (Å²) in [5, 5.41) is 13.0. The van der Waals surface area contributed by atoms with E-state index < -0.39 is 30.6 Å². The van der Waals surface area contributed by atoms with Crippen molar-refractivity contribution >= 4 is 11.8 Å². The number of hydrogen-bond acceptors (Lipinski definition) is 5. The smallest absolute Gasteiger partial charge is 0.347 e. The minimum atomic E-state index is -4.44. The second-order valence-electron chi connectivity index (χ2n) is 6.93. The van der Waals surface area contributed by atoms with Gasteiger partial charge in [0.15, 0.2) is 0 Å². The van der Waals surface area contributed by atoms with E-state index in [9.17, 15) is 22.8 Å². The number of halogens is 3. The number of alkyl halides is 3. The monoisotopic (exact) mass is 410 g/mol. The lowest BCUT2D eigenvalue weighted by atomic mass is 9.95. The van der Waals surface area contributed by atoms with Gasteiger partial charge in [0.2, 0.25) is 11.8 Å². The predicted octanol–water partition coefficient (Wildman–Crippen LogP) is 1.37. The molecule has 3 rings (SSSR count). The highest BCUT2D eigenvalue weighted by molar-refractivity contribution is 5.82. The van der Waals surface area contributed by atoms with Crippen molar-refractivity contribution in [1.82, 2.24) is 30.4 Å². The maximum atomic E-state index is 13.1. The molecule has 1 N–H and O–H groups in total. The molecule has 1 aromatic carbocycles. The standard InChI is InChI=1S/C18H21F3N6O2/c19-18(20,21)11-22-16(28)14-6-8-26(9-7-14)17(29)15(27-12-23-24-25-27)10-13-4-2-1-3-5-13/h1-5,12,14-15H,6-11H2,(H,22,28). The molecular formula is C18H21F3N6O2. The molecule has 1 fully saturated rings. The van der Waals surface area contributed by atoms with E-state index in [1.807, 2.05) is 35.6 Å². The highest BCUT2D eigenvalue weighted by Crippen LogP contribution is 2.23. The van der Waals surface area contributed by atoms with E-state index >= 15 is 0 Å². The van der Waals surface area contributed by atoms with Crippen LogP contribution < -0.4 is 5.32 Å². The normalized spacial score (nSPS) is 16.4. The van der Waals surface area contributed by atoms with Crippen LogP contribution in [0.25, 0.3) is 0 Å². The molecule has 0 spiro atoms. The zero-order chi connectivity index (χ0) is 20.9. The van der Waals surface area contributed by atoms with E-state index in [4.69, 9.17) is 0 Å². The van der Waals surface area contributed by atoms with Crippen LogP contribution in [0.3, 0.4) is 0 Å². The van der Waals surface area contributed by atoms with Crippen LogP contribution in [-0.4, -0.2) is 62.7 Å². The lowest BCUT2D eigenvalue weighted by Crippen LogP contribution is -2.46. The van der Waals surface area contributed by atoms with Gasteiger partial charge in [0.25, 0.3) is 0 Å². The number of amides is 2. The number of tetrazole rings is 1. The first-order valence-corrected chi connectivity index (χ1v) is 9.23. The molecule has 11 heteroatoms. The van der Waals surface area contributed by atoms with Crippen LogP contribution in [0.15, 0.2) is 36.7 Å². The first kappa shape index (κ1) is 20.7. The number of nitrogens with one attached hydrogen (secondary N) is 1. The SMILES string of the molecule is O=C(NCC(F)(F)F)C1CCN(C(=O)C(Cc2ccccc2)n2cnnn2)CC1. The maximum Gasteiger partial charge on any atom is 0.405 e. The molecule has 8 nitrogen and oxygen atoms in total. The van der Waals surface area contributed by atoms with Gasteiger partial charge in [-0.05, 0) is 28.8 Å². The molecule has 2 aromatic rings. The Labute approximate surface area is 165 Å². The molecule has 0 saturated carbocycles. The third-order valence-electron chi connectivity index (χ3n) is 4.88. The fourth-order valence-electron chi connectivity index (χ4n) is 3.35. The average molecular weight is 410 g/mol. The Morgan fingerprint density at radius 3 is 2.45 bits per heavy atom. The molecule has 1 unspecified atom stereocenters. The summed E-state index contributed by atoms with van der Waals surface area (Å²) in [5.41, 5.74) is 0.947.